The van der Waals surface area contributed by atoms with Crippen LogP contribution in [0.1, 0.15) is 30.5 Å². The number of carbonyl (C=O) groups excluding carboxylic acids is 2. The van der Waals surface area contributed by atoms with Crippen LogP contribution in [0.15, 0.2) is 0 Å². The fourth-order valence-electron chi connectivity index (χ4n) is 2.33. The fourth-order valence-corrected chi connectivity index (χ4v) is 4.39. The number of halogens is 4. The molecule has 0 aliphatic heterocycles. The number of hydrogen-bond acceptors (Lipinski definition) is 3. The molecule has 0 aliphatic carbocycles. The minimum Gasteiger partial charge on any atom is -0.336 e. The minimum atomic E-state index is -0.146. The molecule has 0 aliphatic rings. The van der Waals surface area contributed by atoms with E-state index in [1.807, 2.05) is 13.8 Å². The third-order valence-corrected chi connectivity index (χ3v) is 5.87. The molecule has 1 aromatic heterocycles. The van der Waals surface area contributed by atoms with Crippen molar-refractivity contribution in [3.63, 3.8) is 0 Å². The lowest BCUT2D eigenvalue weighted by Gasteiger charge is -2.20. The van der Waals surface area contributed by atoms with Crippen molar-refractivity contribution in [3.05, 3.63) is 20.9 Å². The summed E-state index contributed by atoms with van der Waals surface area (Å²) in [5, 5.41) is 0. The predicted molar refractivity (Wildman–Crippen MR) is 108 cm³/mol. The Kier molecular flexibility index (Phi) is 10.5. The molecule has 0 unspecified atom stereocenters. The quantitative estimate of drug-likeness (QED) is 0.504. The first-order valence-corrected chi connectivity index (χ1v) is 10.8. The zero-order chi connectivity index (χ0) is 19.0. The number of amides is 2. The van der Waals surface area contributed by atoms with E-state index >= 15 is 0 Å². The van der Waals surface area contributed by atoms with Gasteiger partial charge in [0.2, 0.25) is 0 Å². The molecular weight excluding hydrogens is 426 g/mol. The summed E-state index contributed by atoms with van der Waals surface area (Å²) in [6.45, 7) is 5.36. The Balaban J connectivity index is 3.16. The molecule has 4 nitrogen and oxygen atoms in total. The van der Waals surface area contributed by atoms with Gasteiger partial charge in [-0.2, -0.15) is 0 Å². The maximum absolute atomic E-state index is 12.8. The van der Waals surface area contributed by atoms with Gasteiger partial charge in [0, 0.05) is 49.7 Å². The summed E-state index contributed by atoms with van der Waals surface area (Å²) < 4.78 is 0. The lowest BCUT2D eigenvalue weighted by Crippen LogP contribution is -2.34. The lowest BCUT2D eigenvalue weighted by molar-refractivity contribution is 0.0772. The number of thiophene rings is 1. The normalized spacial score (nSPS) is 10.8. The van der Waals surface area contributed by atoms with Gasteiger partial charge < -0.3 is 9.80 Å². The Morgan fingerprint density at radius 2 is 1.00 bits per heavy atom. The van der Waals surface area contributed by atoms with E-state index in [1.165, 1.54) is 11.3 Å². The van der Waals surface area contributed by atoms with Gasteiger partial charge in [0.05, 0.1) is 9.75 Å². The van der Waals surface area contributed by atoms with Gasteiger partial charge >= 0.3 is 0 Å². The predicted octanol–water partition coefficient (Wildman–Crippen LogP) is 4.20. The topological polar surface area (TPSA) is 40.6 Å². The van der Waals surface area contributed by atoms with Crippen molar-refractivity contribution in [3.8, 4) is 0 Å². The van der Waals surface area contributed by atoms with E-state index in [0.717, 1.165) is 11.1 Å². The number of carbonyl (C=O) groups is 2. The summed E-state index contributed by atoms with van der Waals surface area (Å²) in [7, 11) is 0. The van der Waals surface area contributed by atoms with Crippen molar-refractivity contribution in [2.45, 2.75) is 13.8 Å². The van der Waals surface area contributed by atoms with Crippen molar-refractivity contribution in [1.29, 1.82) is 0 Å². The van der Waals surface area contributed by atoms with Gasteiger partial charge in [0.1, 0.15) is 0 Å². The second kappa shape index (κ2) is 11.5. The average molecular weight is 448 g/mol. The second-order valence-corrected chi connectivity index (χ2v) is 7.88. The smallest absolute Gasteiger partial charge is 0.264 e. The largest absolute Gasteiger partial charge is 0.336 e. The molecule has 0 fully saturated rings. The molecule has 0 saturated heterocycles. The van der Waals surface area contributed by atoms with Crippen LogP contribution in [0.3, 0.4) is 0 Å². The second-order valence-electron chi connectivity index (χ2n) is 5.35. The molecule has 0 aromatic carbocycles. The maximum atomic E-state index is 12.8. The SMILES string of the molecule is Cc1c(C(=O)N(CCCl)CCCl)sc(C(=O)N(CCCl)CCCl)c1C. The van der Waals surface area contributed by atoms with Crippen molar-refractivity contribution in [2.24, 2.45) is 0 Å². The third kappa shape index (κ3) is 5.90. The van der Waals surface area contributed by atoms with E-state index in [4.69, 9.17) is 46.4 Å². The molecule has 25 heavy (non-hydrogen) atoms. The zero-order valence-electron chi connectivity index (χ0n) is 14.3. The van der Waals surface area contributed by atoms with Crippen LogP contribution >= 0.6 is 57.7 Å². The lowest BCUT2D eigenvalue weighted by atomic mass is 10.1. The molecule has 142 valence electrons. The van der Waals surface area contributed by atoms with Crippen LogP contribution in [0, 0.1) is 13.8 Å². The van der Waals surface area contributed by atoms with Crippen LogP contribution in [0.5, 0.6) is 0 Å². The molecule has 0 spiro atoms. The Bertz CT molecular complexity index is 534. The van der Waals surface area contributed by atoms with Gasteiger partial charge in [-0.3, -0.25) is 9.59 Å². The van der Waals surface area contributed by atoms with E-state index in [1.54, 1.807) is 9.80 Å². The van der Waals surface area contributed by atoms with Gasteiger partial charge in [-0.25, -0.2) is 0 Å². The highest BCUT2D eigenvalue weighted by atomic mass is 35.5. The molecule has 0 N–H and O–H groups in total. The van der Waals surface area contributed by atoms with Crippen molar-refractivity contribution >= 4 is 69.6 Å². The Morgan fingerprint density at radius 3 is 1.24 bits per heavy atom. The summed E-state index contributed by atoms with van der Waals surface area (Å²) in [5.41, 5.74) is 1.62. The summed E-state index contributed by atoms with van der Waals surface area (Å²) >= 11 is 24.3. The number of nitrogens with zero attached hydrogens (tertiary/aromatic N) is 2. The summed E-state index contributed by atoms with van der Waals surface area (Å²) in [4.78, 5) is 29.9. The van der Waals surface area contributed by atoms with Crippen LogP contribution < -0.4 is 0 Å². The van der Waals surface area contributed by atoms with Crippen LogP contribution in [0.25, 0.3) is 0 Å². The first-order chi connectivity index (χ1) is 11.9. The summed E-state index contributed by atoms with van der Waals surface area (Å²) in [5.74, 6) is 1.03. The van der Waals surface area contributed by atoms with Crippen LogP contribution in [-0.2, 0) is 0 Å². The van der Waals surface area contributed by atoms with Gasteiger partial charge in [-0.05, 0) is 25.0 Å². The van der Waals surface area contributed by atoms with Gasteiger partial charge in [0.25, 0.3) is 11.8 Å². The molecule has 2 amide bonds. The summed E-state index contributed by atoms with van der Waals surface area (Å²) in [6.07, 6.45) is 0. The summed E-state index contributed by atoms with van der Waals surface area (Å²) in [6, 6.07) is 0. The van der Waals surface area contributed by atoms with Gasteiger partial charge in [-0.1, -0.05) is 0 Å². The number of rotatable bonds is 10. The number of alkyl halides is 4. The third-order valence-electron chi connectivity index (χ3n) is 3.83. The first kappa shape index (κ1) is 22.8. The van der Waals surface area contributed by atoms with Gasteiger partial charge in [-0.15, -0.1) is 57.7 Å². The molecule has 0 saturated carbocycles. The van der Waals surface area contributed by atoms with E-state index in [-0.39, 0.29) is 11.8 Å². The van der Waals surface area contributed by atoms with Crippen molar-refractivity contribution in [2.75, 3.05) is 49.7 Å². The van der Waals surface area contributed by atoms with Crippen LogP contribution in [-0.4, -0.2) is 71.3 Å². The van der Waals surface area contributed by atoms with E-state index in [2.05, 4.69) is 0 Å². The Morgan fingerprint density at radius 1 is 0.720 bits per heavy atom. The first-order valence-electron chi connectivity index (χ1n) is 7.85. The van der Waals surface area contributed by atoms with Gasteiger partial charge in [0.15, 0.2) is 0 Å². The Labute approximate surface area is 173 Å². The fraction of sp³-hybridized carbons (Fsp3) is 0.625. The molecule has 0 bridgehead atoms. The zero-order valence-corrected chi connectivity index (χ0v) is 18.1. The monoisotopic (exact) mass is 446 g/mol. The van der Waals surface area contributed by atoms with E-state index < -0.39 is 0 Å². The van der Waals surface area contributed by atoms with Crippen molar-refractivity contribution < 1.29 is 9.59 Å². The minimum absolute atomic E-state index is 0.146. The van der Waals surface area contributed by atoms with E-state index in [0.29, 0.717) is 59.5 Å². The molecular formula is C16H22Cl4N2O2S. The molecule has 1 heterocycles. The van der Waals surface area contributed by atoms with Crippen LogP contribution in [0.2, 0.25) is 0 Å². The maximum Gasteiger partial charge on any atom is 0.264 e. The molecule has 0 radical (unpaired) electrons. The molecule has 1 aromatic rings. The van der Waals surface area contributed by atoms with E-state index in [9.17, 15) is 9.59 Å². The standard InChI is InChI=1S/C16H22Cl4N2O2S/c1-11-12(2)14(16(24)22(9-5-19)10-6-20)25-13(11)15(23)21(7-3-17)8-4-18/h3-10H2,1-2H3. The van der Waals surface area contributed by atoms with Crippen LogP contribution in [0.4, 0.5) is 0 Å². The highest BCUT2D eigenvalue weighted by Gasteiger charge is 2.27. The highest BCUT2D eigenvalue weighted by Crippen LogP contribution is 2.30. The highest BCUT2D eigenvalue weighted by molar-refractivity contribution is 7.16. The number of hydrogen-bond donors (Lipinski definition) is 0. The Hall–Kier alpha value is -0.200. The molecule has 9 heteroatoms. The molecule has 1 rings (SSSR count). The average Bonchev–Trinajstić information content (AvgIpc) is 2.89. The molecule has 0 atom stereocenters. The van der Waals surface area contributed by atoms with Crippen molar-refractivity contribution in [1.82, 2.24) is 9.80 Å².